The normalized spacial score (nSPS) is 22.6. The first kappa shape index (κ1) is 15.0. The molecule has 1 aromatic rings. The van der Waals surface area contributed by atoms with Gasteiger partial charge in [-0.2, -0.15) is 0 Å². The first-order valence-electron chi connectivity index (χ1n) is 7.22. The smallest absolute Gasteiger partial charge is 0.253 e. The average Bonchev–Trinajstić information content (AvgIpc) is 2.91. The Bertz CT molecular complexity index is 456. The Hall–Kier alpha value is -1.39. The molecule has 1 N–H and O–H groups in total. The van der Waals surface area contributed by atoms with Crippen molar-refractivity contribution in [1.29, 1.82) is 0 Å². The maximum absolute atomic E-state index is 12.5. The molecule has 2 atom stereocenters. The number of hydrogen-bond acceptors (Lipinski definition) is 3. The molecule has 1 fully saturated rings. The van der Waals surface area contributed by atoms with Crippen LogP contribution in [0.3, 0.4) is 0 Å². The third-order valence-electron chi connectivity index (χ3n) is 4.20. The summed E-state index contributed by atoms with van der Waals surface area (Å²) in [5, 5.41) is 9.46. The van der Waals surface area contributed by atoms with Crippen molar-refractivity contribution in [1.82, 2.24) is 9.80 Å². The number of hydrogen-bond donors (Lipinski definition) is 1. The van der Waals surface area contributed by atoms with Crippen molar-refractivity contribution in [3.8, 4) is 0 Å². The molecule has 2 rings (SSSR count). The molecule has 1 aliphatic rings. The summed E-state index contributed by atoms with van der Waals surface area (Å²) >= 11 is 0. The number of amides is 1. The van der Waals surface area contributed by atoms with Gasteiger partial charge in [0, 0.05) is 37.2 Å². The van der Waals surface area contributed by atoms with Gasteiger partial charge in [0.05, 0.1) is 0 Å². The Labute approximate surface area is 121 Å². The SMILES string of the molecule is CCc1ccc(C(=O)N2C[C@@H](CO)[C@H](N(C)C)C2)cc1. The lowest BCUT2D eigenvalue weighted by Crippen LogP contribution is -2.37. The number of benzene rings is 1. The molecule has 4 nitrogen and oxygen atoms in total. The Kier molecular flexibility index (Phi) is 4.78. The van der Waals surface area contributed by atoms with Crippen LogP contribution < -0.4 is 0 Å². The third kappa shape index (κ3) is 3.02. The van der Waals surface area contributed by atoms with E-state index in [0.717, 1.165) is 12.0 Å². The minimum Gasteiger partial charge on any atom is -0.396 e. The number of carbonyl (C=O) groups is 1. The lowest BCUT2D eigenvalue weighted by atomic mass is 10.0. The summed E-state index contributed by atoms with van der Waals surface area (Å²) in [4.78, 5) is 16.4. The molecule has 0 aliphatic carbocycles. The lowest BCUT2D eigenvalue weighted by molar-refractivity contribution is 0.0779. The molecule has 1 aromatic carbocycles. The van der Waals surface area contributed by atoms with Gasteiger partial charge < -0.3 is 14.9 Å². The second-order valence-corrected chi connectivity index (χ2v) is 5.73. The molecule has 20 heavy (non-hydrogen) atoms. The standard InChI is InChI=1S/C16H24N2O2/c1-4-12-5-7-13(8-6-12)16(20)18-9-14(11-19)15(10-18)17(2)3/h5-8,14-15,19H,4,9-11H2,1-3H3/t14-,15+/m0/s1. The van der Waals surface area contributed by atoms with Crippen molar-refractivity contribution in [3.05, 3.63) is 35.4 Å². The van der Waals surface area contributed by atoms with Crippen LogP contribution in [0.15, 0.2) is 24.3 Å². The summed E-state index contributed by atoms with van der Waals surface area (Å²) in [6.07, 6.45) is 0.980. The van der Waals surface area contributed by atoms with Crippen LogP contribution in [0, 0.1) is 5.92 Å². The monoisotopic (exact) mass is 276 g/mol. The number of likely N-dealkylation sites (tertiary alicyclic amines) is 1. The van der Waals surface area contributed by atoms with Crippen LogP contribution in [0.1, 0.15) is 22.8 Å². The van der Waals surface area contributed by atoms with Crippen LogP contribution >= 0.6 is 0 Å². The number of aliphatic hydroxyl groups excluding tert-OH is 1. The predicted molar refractivity (Wildman–Crippen MR) is 79.8 cm³/mol. The maximum Gasteiger partial charge on any atom is 0.253 e. The summed E-state index contributed by atoms with van der Waals surface area (Å²) in [6.45, 7) is 3.55. The van der Waals surface area contributed by atoms with Gasteiger partial charge in [0.2, 0.25) is 0 Å². The molecule has 0 spiro atoms. The summed E-state index contributed by atoms with van der Waals surface area (Å²) < 4.78 is 0. The van der Waals surface area contributed by atoms with E-state index in [0.29, 0.717) is 13.1 Å². The van der Waals surface area contributed by atoms with E-state index in [4.69, 9.17) is 0 Å². The quantitative estimate of drug-likeness (QED) is 0.900. The zero-order valence-electron chi connectivity index (χ0n) is 12.5. The van der Waals surface area contributed by atoms with Crippen molar-refractivity contribution >= 4 is 5.91 Å². The molecule has 0 radical (unpaired) electrons. The summed E-state index contributed by atoms with van der Waals surface area (Å²) in [6, 6.07) is 8.06. The largest absolute Gasteiger partial charge is 0.396 e. The molecular formula is C16H24N2O2. The van der Waals surface area contributed by atoms with Gasteiger partial charge in [0.25, 0.3) is 5.91 Å². The molecular weight excluding hydrogens is 252 g/mol. The van der Waals surface area contributed by atoms with E-state index in [1.54, 1.807) is 0 Å². The van der Waals surface area contributed by atoms with Crippen molar-refractivity contribution in [3.63, 3.8) is 0 Å². The number of rotatable bonds is 4. The van der Waals surface area contributed by atoms with Gasteiger partial charge in [0.15, 0.2) is 0 Å². The second-order valence-electron chi connectivity index (χ2n) is 5.73. The number of aliphatic hydroxyl groups is 1. The zero-order valence-corrected chi connectivity index (χ0v) is 12.5. The molecule has 0 bridgehead atoms. The minimum absolute atomic E-state index is 0.0652. The molecule has 1 amide bonds. The molecule has 110 valence electrons. The number of aryl methyl sites for hydroxylation is 1. The molecule has 0 aromatic heterocycles. The Balaban J connectivity index is 2.09. The Morgan fingerprint density at radius 2 is 1.95 bits per heavy atom. The lowest BCUT2D eigenvalue weighted by Gasteiger charge is -2.23. The van der Waals surface area contributed by atoms with E-state index < -0.39 is 0 Å². The van der Waals surface area contributed by atoms with E-state index >= 15 is 0 Å². The number of likely N-dealkylation sites (N-methyl/N-ethyl adjacent to an activating group) is 1. The van der Waals surface area contributed by atoms with Crippen LogP contribution in [0.5, 0.6) is 0 Å². The number of nitrogens with zero attached hydrogens (tertiary/aromatic N) is 2. The van der Waals surface area contributed by atoms with Gasteiger partial charge in [-0.15, -0.1) is 0 Å². The fraction of sp³-hybridized carbons (Fsp3) is 0.562. The van der Waals surface area contributed by atoms with Gasteiger partial charge in [-0.05, 0) is 38.2 Å². The molecule has 0 saturated carbocycles. The van der Waals surface area contributed by atoms with E-state index in [1.165, 1.54) is 5.56 Å². The van der Waals surface area contributed by atoms with Crippen molar-refractivity contribution in [2.75, 3.05) is 33.8 Å². The molecule has 1 aliphatic heterocycles. The van der Waals surface area contributed by atoms with Gasteiger partial charge >= 0.3 is 0 Å². The highest BCUT2D eigenvalue weighted by Crippen LogP contribution is 2.22. The van der Waals surface area contributed by atoms with Crippen molar-refractivity contribution < 1.29 is 9.90 Å². The van der Waals surface area contributed by atoms with Gasteiger partial charge in [-0.1, -0.05) is 19.1 Å². The topological polar surface area (TPSA) is 43.8 Å². The van der Waals surface area contributed by atoms with Gasteiger partial charge in [-0.3, -0.25) is 4.79 Å². The summed E-state index contributed by atoms with van der Waals surface area (Å²) in [7, 11) is 3.99. The van der Waals surface area contributed by atoms with Crippen LogP contribution in [0.25, 0.3) is 0 Å². The third-order valence-corrected chi connectivity index (χ3v) is 4.20. The first-order valence-corrected chi connectivity index (χ1v) is 7.22. The van der Waals surface area contributed by atoms with Crippen LogP contribution in [0.4, 0.5) is 0 Å². The second kappa shape index (κ2) is 6.37. The number of carbonyl (C=O) groups excluding carboxylic acids is 1. The highest BCUT2D eigenvalue weighted by Gasteiger charge is 2.36. The first-order chi connectivity index (χ1) is 9.56. The van der Waals surface area contributed by atoms with E-state index in [2.05, 4.69) is 11.8 Å². The van der Waals surface area contributed by atoms with Crippen LogP contribution in [-0.2, 0) is 6.42 Å². The molecule has 0 unspecified atom stereocenters. The van der Waals surface area contributed by atoms with Crippen LogP contribution in [0.2, 0.25) is 0 Å². The van der Waals surface area contributed by atoms with Crippen molar-refractivity contribution in [2.45, 2.75) is 19.4 Å². The van der Waals surface area contributed by atoms with E-state index in [9.17, 15) is 9.90 Å². The highest BCUT2D eigenvalue weighted by molar-refractivity contribution is 5.94. The minimum atomic E-state index is 0.0652. The fourth-order valence-corrected chi connectivity index (χ4v) is 2.85. The Morgan fingerprint density at radius 3 is 2.40 bits per heavy atom. The maximum atomic E-state index is 12.5. The molecule has 4 heteroatoms. The van der Waals surface area contributed by atoms with Gasteiger partial charge in [-0.25, -0.2) is 0 Å². The van der Waals surface area contributed by atoms with Crippen molar-refractivity contribution in [2.24, 2.45) is 5.92 Å². The van der Waals surface area contributed by atoms with E-state index in [-0.39, 0.29) is 24.5 Å². The van der Waals surface area contributed by atoms with Crippen LogP contribution in [-0.4, -0.2) is 60.6 Å². The fourth-order valence-electron chi connectivity index (χ4n) is 2.85. The highest BCUT2D eigenvalue weighted by atomic mass is 16.3. The summed E-state index contributed by atoms with van der Waals surface area (Å²) in [5.41, 5.74) is 1.97. The zero-order chi connectivity index (χ0) is 14.7. The van der Waals surface area contributed by atoms with E-state index in [1.807, 2.05) is 43.3 Å². The average molecular weight is 276 g/mol. The molecule has 1 heterocycles. The molecule has 1 saturated heterocycles. The van der Waals surface area contributed by atoms with Gasteiger partial charge in [0.1, 0.15) is 0 Å². The Morgan fingerprint density at radius 1 is 1.30 bits per heavy atom. The predicted octanol–water partition coefficient (Wildman–Crippen LogP) is 1.24. The summed E-state index contributed by atoms with van der Waals surface area (Å²) in [5.74, 6) is 0.208.